The van der Waals surface area contributed by atoms with Crippen molar-refractivity contribution in [3.8, 4) is 0 Å². The lowest BCUT2D eigenvalue weighted by Crippen LogP contribution is -2.30. The van der Waals surface area contributed by atoms with Gasteiger partial charge < -0.3 is 5.73 Å². The van der Waals surface area contributed by atoms with Gasteiger partial charge in [-0.05, 0) is 49.2 Å². The van der Waals surface area contributed by atoms with E-state index in [1.807, 2.05) is 13.8 Å². The lowest BCUT2D eigenvalue weighted by Gasteiger charge is -2.22. The van der Waals surface area contributed by atoms with Crippen LogP contribution in [0.25, 0.3) is 0 Å². The maximum absolute atomic E-state index is 6.12. The number of allylic oxidation sites excluding steroid dienone is 4. The lowest BCUT2D eigenvalue weighted by atomic mass is 9.84. The molecule has 0 unspecified atom stereocenters. The van der Waals surface area contributed by atoms with Crippen LogP contribution in [0.3, 0.4) is 0 Å². The minimum atomic E-state index is -0.276. The van der Waals surface area contributed by atoms with E-state index < -0.39 is 0 Å². The van der Waals surface area contributed by atoms with Crippen molar-refractivity contribution in [3.05, 3.63) is 35.5 Å². The van der Waals surface area contributed by atoms with Crippen LogP contribution < -0.4 is 5.73 Å². The van der Waals surface area contributed by atoms with Crippen molar-refractivity contribution >= 4 is 0 Å². The number of nitrogens with two attached hydrogens (primary N) is 1. The molecule has 0 fully saturated rings. The molecular formula is C17H29N. The number of hydrogen-bond donors (Lipinski definition) is 1. The smallest absolute Gasteiger partial charge is 0.0502 e. The Morgan fingerprint density at radius 1 is 0.889 bits per heavy atom. The summed E-state index contributed by atoms with van der Waals surface area (Å²) in [6.07, 6.45) is 13.7. The highest BCUT2D eigenvalue weighted by Crippen LogP contribution is 2.38. The molecule has 0 amide bonds. The summed E-state index contributed by atoms with van der Waals surface area (Å²) in [7, 11) is 0. The van der Waals surface area contributed by atoms with E-state index in [-0.39, 0.29) is 5.54 Å². The van der Waals surface area contributed by atoms with Gasteiger partial charge in [0, 0.05) is 0 Å². The molecule has 1 heteroatoms. The van der Waals surface area contributed by atoms with Crippen molar-refractivity contribution in [1.29, 1.82) is 0 Å². The van der Waals surface area contributed by atoms with Gasteiger partial charge in [0.05, 0.1) is 5.54 Å². The first-order valence-electron chi connectivity index (χ1n) is 7.27. The molecule has 0 aromatic heterocycles. The van der Waals surface area contributed by atoms with Crippen molar-refractivity contribution in [1.82, 2.24) is 0 Å². The molecule has 2 N–H and O–H groups in total. The fourth-order valence-corrected chi connectivity index (χ4v) is 2.39. The zero-order valence-electron chi connectivity index (χ0n) is 12.7. The molecule has 0 heterocycles. The van der Waals surface area contributed by atoms with Crippen LogP contribution in [0.2, 0.25) is 0 Å². The molecular weight excluding hydrogens is 218 g/mol. The Kier molecular flexibility index (Phi) is 4.98. The quantitative estimate of drug-likeness (QED) is 0.656. The van der Waals surface area contributed by atoms with Crippen LogP contribution in [0.5, 0.6) is 0 Å². The fraction of sp³-hybridized carbons (Fsp3) is 0.647. The third-order valence-corrected chi connectivity index (χ3v) is 3.84. The van der Waals surface area contributed by atoms with E-state index in [1.165, 1.54) is 36.8 Å². The van der Waals surface area contributed by atoms with Crippen LogP contribution in [0, 0.1) is 5.41 Å². The number of hydrogen-bond acceptors (Lipinski definition) is 1. The standard InChI is InChI=1S/C15H23N.C2H6/c1-14(2)8-4-12-6-10-15(3,16)11-7-13(12)5-9-14;1-2/h6-7,10-11H,4-5,8-9,16H2,1-3H3;1-2H3. The lowest BCUT2D eigenvalue weighted by molar-refractivity contribution is 0.317. The van der Waals surface area contributed by atoms with E-state index in [0.29, 0.717) is 5.41 Å². The molecule has 0 aromatic rings. The highest BCUT2D eigenvalue weighted by atomic mass is 14.7. The largest absolute Gasteiger partial charge is 0.319 e. The Hall–Kier alpha value is -0.820. The second-order valence-electron chi connectivity index (χ2n) is 6.25. The van der Waals surface area contributed by atoms with Gasteiger partial charge in [-0.1, -0.05) is 52.0 Å². The summed E-state index contributed by atoms with van der Waals surface area (Å²) in [4.78, 5) is 0. The zero-order valence-corrected chi connectivity index (χ0v) is 12.7. The van der Waals surface area contributed by atoms with E-state index in [9.17, 15) is 0 Å². The summed E-state index contributed by atoms with van der Waals surface area (Å²) in [6.45, 7) is 10.8. The molecule has 0 aliphatic heterocycles. The minimum Gasteiger partial charge on any atom is -0.319 e. The summed E-state index contributed by atoms with van der Waals surface area (Å²) >= 11 is 0. The molecule has 0 bridgehead atoms. The third kappa shape index (κ3) is 4.13. The summed E-state index contributed by atoms with van der Waals surface area (Å²) in [5.41, 5.74) is 9.33. The Balaban J connectivity index is 0.000000771. The maximum atomic E-state index is 6.12. The maximum Gasteiger partial charge on any atom is 0.0502 e. The molecule has 0 radical (unpaired) electrons. The molecule has 102 valence electrons. The summed E-state index contributed by atoms with van der Waals surface area (Å²) < 4.78 is 0. The van der Waals surface area contributed by atoms with Gasteiger partial charge in [-0.25, -0.2) is 0 Å². The van der Waals surface area contributed by atoms with Crippen molar-refractivity contribution in [2.75, 3.05) is 0 Å². The van der Waals surface area contributed by atoms with Crippen LogP contribution in [-0.2, 0) is 0 Å². The Morgan fingerprint density at radius 3 is 1.67 bits per heavy atom. The minimum absolute atomic E-state index is 0.276. The highest BCUT2D eigenvalue weighted by molar-refractivity contribution is 5.40. The first-order chi connectivity index (χ1) is 8.38. The monoisotopic (exact) mass is 247 g/mol. The second kappa shape index (κ2) is 5.88. The highest BCUT2D eigenvalue weighted by Gasteiger charge is 2.24. The predicted molar refractivity (Wildman–Crippen MR) is 81.5 cm³/mol. The fourth-order valence-electron chi connectivity index (χ4n) is 2.39. The second-order valence-corrected chi connectivity index (χ2v) is 6.25. The summed E-state index contributed by atoms with van der Waals surface area (Å²) in [6, 6.07) is 0. The van der Waals surface area contributed by atoms with Gasteiger partial charge in [-0.15, -0.1) is 0 Å². The molecule has 0 atom stereocenters. The first-order valence-corrected chi connectivity index (χ1v) is 7.27. The third-order valence-electron chi connectivity index (χ3n) is 3.84. The summed E-state index contributed by atoms with van der Waals surface area (Å²) in [5.74, 6) is 0. The van der Waals surface area contributed by atoms with Crippen LogP contribution in [0.4, 0.5) is 0 Å². The Morgan fingerprint density at radius 2 is 1.28 bits per heavy atom. The molecule has 18 heavy (non-hydrogen) atoms. The van der Waals surface area contributed by atoms with E-state index in [1.54, 1.807) is 0 Å². The SMILES string of the molecule is CC.CC1(N)C=CC2=C(C=C1)CCC(C)(C)CC2. The van der Waals surface area contributed by atoms with Crippen molar-refractivity contribution in [2.24, 2.45) is 11.1 Å². The zero-order chi connectivity index (χ0) is 13.8. The molecule has 0 saturated heterocycles. The Bertz CT molecular complexity index is 335. The molecule has 1 nitrogen and oxygen atoms in total. The average molecular weight is 247 g/mol. The molecule has 0 aromatic carbocycles. The normalized spacial score (nSPS) is 24.6. The molecule has 2 aliphatic carbocycles. The van der Waals surface area contributed by atoms with E-state index in [4.69, 9.17) is 5.73 Å². The topological polar surface area (TPSA) is 26.0 Å². The van der Waals surface area contributed by atoms with Crippen LogP contribution in [0.15, 0.2) is 35.5 Å². The molecule has 0 saturated carbocycles. The first kappa shape index (κ1) is 15.2. The molecule has 2 aliphatic rings. The predicted octanol–water partition coefficient (Wildman–Crippen LogP) is 4.75. The summed E-state index contributed by atoms with van der Waals surface area (Å²) in [5, 5.41) is 0. The van der Waals surface area contributed by atoms with E-state index in [2.05, 4.69) is 45.1 Å². The van der Waals surface area contributed by atoms with Crippen molar-refractivity contribution in [2.45, 2.75) is 65.8 Å². The Labute approximate surface area is 113 Å². The van der Waals surface area contributed by atoms with Crippen molar-refractivity contribution < 1.29 is 0 Å². The molecule has 0 spiro atoms. The van der Waals surface area contributed by atoms with Gasteiger partial charge in [0.25, 0.3) is 0 Å². The number of rotatable bonds is 0. The van der Waals surface area contributed by atoms with Gasteiger partial charge in [0.2, 0.25) is 0 Å². The van der Waals surface area contributed by atoms with Gasteiger partial charge in [-0.3, -0.25) is 0 Å². The molecule has 2 rings (SSSR count). The van der Waals surface area contributed by atoms with Gasteiger partial charge in [0.1, 0.15) is 0 Å². The van der Waals surface area contributed by atoms with Crippen LogP contribution in [-0.4, -0.2) is 5.54 Å². The van der Waals surface area contributed by atoms with Crippen molar-refractivity contribution in [3.63, 3.8) is 0 Å². The van der Waals surface area contributed by atoms with E-state index in [0.717, 1.165) is 0 Å². The van der Waals surface area contributed by atoms with Crippen LogP contribution in [0.1, 0.15) is 60.3 Å². The van der Waals surface area contributed by atoms with Gasteiger partial charge in [0.15, 0.2) is 0 Å². The van der Waals surface area contributed by atoms with Gasteiger partial charge in [-0.2, -0.15) is 0 Å². The van der Waals surface area contributed by atoms with Gasteiger partial charge >= 0.3 is 0 Å². The van der Waals surface area contributed by atoms with Crippen LogP contribution >= 0.6 is 0 Å². The average Bonchev–Trinajstić information content (AvgIpc) is 2.55. The van der Waals surface area contributed by atoms with E-state index >= 15 is 0 Å².